The third-order valence-electron chi connectivity index (χ3n) is 3.95. The fraction of sp³-hybridized carbons (Fsp3) is 0.400. The molecule has 0 spiro atoms. The Morgan fingerprint density at radius 2 is 1.90 bits per heavy atom. The molecule has 2 aromatic rings. The summed E-state index contributed by atoms with van der Waals surface area (Å²) in [5.74, 6) is -0.195. The normalized spacial score (nSPS) is 17.4. The third-order valence-corrected chi connectivity index (χ3v) is 3.95. The summed E-state index contributed by atoms with van der Waals surface area (Å²) < 4.78 is 14.6. The Labute approximate surface area is 116 Å². The molecule has 0 aliphatic carbocycles. The minimum atomic E-state index is -0.195. The van der Waals surface area contributed by atoms with Gasteiger partial charge in [-0.1, -0.05) is 12.1 Å². The van der Waals surface area contributed by atoms with Gasteiger partial charge in [0.05, 0.1) is 0 Å². The van der Waals surface area contributed by atoms with Gasteiger partial charge in [-0.15, -0.1) is 0 Å². The number of hydrogen-bond acceptors (Lipinski definition) is 2. The van der Waals surface area contributed by atoms with Crippen molar-refractivity contribution in [2.24, 2.45) is 0 Å². The van der Waals surface area contributed by atoms with Gasteiger partial charge < -0.3 is 4.98 Å². The molecule has 0 unspecified atom stereocenters. The fourth-order valence-corrected chi connectivity index (χ4v) is 2.82. The van der Waals surface area contributed by atoms with E-state index < -0.39 is 0 Å². The maximum atomic E-state index is 12.9. The van der Waals surface area contributed by atoms with Gasteiger partial charge in [-0.25, -0.2) is 9.18 Å². The van der Waals surface area contributed by atoms with E-state index in [0.29, 0.717) is 6.04 Å². The number of aromatic nitrogens is 2. The van der Waals surface area contributed by atoms with Gasteiger partial charge in [0.15, 0.2) is 0 Å². The van der Waals surface area contributed by atoms with Crippen LogP contribution in [0.1, 0.15) is 24.4 Å². The largest absolute Gasteiger partial charge is 0.325 e. The van der Waals surface area contributed by atoms with Crippen LogP contribution in [-0.4, -0.2) is 27.5 Å². The fourth-order valence-electron chi connectivity index (χ4n) is 2.82. The highest BCUT2D eigenvalue weighted by Gasteiger charge is 2.21. The number of nitrogens with one attached hydrogen (secondary N) is 1. The molecule has 1 N–H and O–H groups in total. The molecule has 0 saturated carbocycles. The number of benzene rings is 1. The van der Waals surface area contributed by atoms with Crippen LogP contribution in [0.5, 0.6) is 0 Å². The molecule has 0 amide bonds. The summed E-state index contributed by atoms with van der Waals surface area (Å²) in [5.41, 5.74) is 1.10. The van der Waals surface area contributed by atoms with Crippen molar-refractivity contribution < 1.29 is 4.39 Å². The van der Waals surface area contributed by atoms with Crippen LogP contribution >= 0.6 is 0 Å². The highest BCUT2D eigenvalue weighted by Crippen LogP contribution is 2.22. The van der Waals surface area contributed by atoms with Gasteiger partial charge in [0, 0.05) is 38.1 Å². The molecule has 1 aromatic carbocycles. The minimum absolute atomic E-state index is 0.0259. The third kappa shape index (κ3) is 2.82. The Bertz CT molecular complexity index is 609. The molecule has 0 bridgehead atoms. The lowest BCUT2D eigenvalue weighted by atomic mass is 10.0. The van der Waals surface area contributed by atoms with E-state index in [2.05, 4.69) is 9.88 Å². The molecular formula is C15H18FN3O. The van der Waals surface area contributed by atoms with Gasteiger partial charge in [0.2, 0.25) is 0 Å². The molecule has 5 heteroatoms. The molecule has 1 aromatic heterocycles. The zero-order valence-electron chi connectivity index (χ0n) is 11.3. The van der Waals surface area contributed by atoms with Gasteiger partial charge in [-0.05, 0) is 30.5 Å². The second kappa shape index (κ2) is 5.63. The number of hydrogen-bond donors (Lipinski definition) is 1. The first kappa shape index (κ1) is 13.1. The molecule has 1 fully saturated rings. The predicted octanol–water partition coefficient (Wildman–Crippen LogP) is 2.15. The van der Waals surface area contributed by atoms with Crippen LogP contribution in [0.15, 0.2) is 41.5 Å². The van der Waals surface area contributed by atoms with E-state index in [9.17, 15) is 9.18 Å². The summed E-state index contributed by atoms with van der Waals surface area (Å²) in [6.07, 6.45) is 5.45. The average molecular weight is 275 g/mol. The lowest BCUT2D eigenvalue weighted by Gasteiger charge is -2.32. The number of likely N-dealkylation sites (tertiary alicyclic amines) is 1. The highest BCUT2D eigenvalue weighted by molar-refractivity contribution is 5.15. The van der Waals surface area contributed by atoms with E-state index in [0.717, 1.165) is 38.0 Å². The van der Waals surface area contributed by atoms with Crippen molar-refractivity contribution in [2.75, 3.05) is 13.1 Å². The molecule has 1 aliphatic rings. The zero-order valence-corrected chi connectivity index (χ0v) is 11.3. The van der Waals surface area contributed by atoms with Crippen molar-refractivity contribution in [3.05, 3.63) is 58.5 Å². The van der Waals surface area contributed by atoms with Gasteiger partial charge in [0.25, 0.3) is 0 Å². The van der Waals surface area contributed by atoms with E-state index in [-0.39, 0.29) is 11.5 Å². The van der Waals surface area contributed by atoms with Gasteiger partial charge in [0.1, 0.15) is 5.82 Å². The van der Waals surface area contributed by atoms with Crippen LogP contribution in [0, 0.1) is 5.82 Å². The summed E-state index contributed by atoms with van der Waals surface area (Å²) in [5, 5.41) is 0. The van der Waals surface area contributed by atoms with E-state index in [1.807, 2.05) is 18.3 Å². The van der Waals surface area contributed by atoms with Gasteiger partial charge in [-0.3, -0.25) is 9.47 Å². The van der Waals surface area contributed by atoms with Crippen LogP contribution in [0.3, 0.4) is 0 Å². The average Bonchev–Trinajstić information content (AvgIpc) is 2.89. The number of piperidine rings is 1. The smallest absolute Gasteiger partial charge is 0.313 e. The molecular weight excluding hydrogens is 257 g/mol. The number of imidazole rings is 1. The van der Waals surface area contributed by atoms with Crippen LogP contribution in [0.2, 0.25) is 0 Å². The Hall–Kier alpha value is -1.88. The quantitative estimate of drug-likeness (QED) is 0.932. The number of aromatic amines is 1. The molecule has 1 saturated heterocycles. The molecule has 1 aliphatic heterocycles. The maximum Gasteiger partial charge on any atom is 0.325 e. The maximum absolute atomic E-state index is 12.9. The topological polar surface area (TPSA) is 41.0 Å². The molecule has 4 nitrogen and oxygen atoms in total. The standard InChI is InChI=1S/C15H18FN3O/c16-13-3-1-12(2-4-13)11-18-8-5-14(6-9-18)19-10-7-17-15(19)20/h1-4,7,10,14H,5-6,8-9,11H2,(H,17,20). The molecule has 2 heterocycles. The van der Waals surface area contributed by atoms with Crippen LogP contribution in [0.25, 0.3) is 0 Å². The molecule has 20 heavy (non-hydrogen) atoms. The van der Waals surface area contributed by atoms with Crippen molar-refractivity contribution in [3.63, 3.8) is 0 Å². The van der Waals surface area contributed by atoms with Gasteiger partial charge >= 0.3 is 5.69 Å². The summed E-state index contributed by atoms with van der Waals surface area (Å²) >= 11 is 0. The van der Waals surface area contributed by atoms with Crippen molar-refractivity contribution in [3.8, 4) is 0 Å². The number of rotatable bonds is 3. The van der Waals surface area contributed by atoms with Crippen molar-refractivity contribution in [1.82, 2.24) is 14.5 Å². The summed E-state index contributed by atoms with van der Waals surface area (Å²) in [6.45, 7) is 2.76. The molecule has 106 valence electrons. The van der Waals surface area contributed by atoms with E-state index in [1.165, 1.54) is 12.1 Å². The zero-order chi connectivity index (χ0) is 13.9. The van der Waals surface area contributed by atoms with Crippen LogP contribution in [-0.2, 0) is 6.54 Å². The Kier molecular flexibility index (Phi) is 3.69. The predicted molar refractivity (Wildman–Crippen MR) is 75.0 cm³/mol. The molecule has 3 rings (SSSR count). The van der Waals surface area contributed by atoms with E-state index in [1.54, 1.807) is 10.8 Å². The number of H-pyrrole nitrogens is 1. The first-order valence-corrected chi connectivity index (χ1v) is 6.95. The lowest BCUT2D eigenvalue weighted by molar-refractivity contribution is 0.178. The van der Waals surface area contributed by atoms with Gasteiger partial charge in [-0.2, -0.15) is 0 Å². The number of nitrogens with zero attached hydrogens (tertiary/aromatic N) is 2. The highest BCUT2D eigenvalue weighted by atomic mass is 19.1. The molecule has 0 atom stereocenters. The molecule has 0 radical (unpaired) electrons. The summed E-state index contributed by atoms with van der Waals surface area (Å²) in [4.78, 5) is 16.6. The SMILES string of the molecule is O=c1[nH]ccn1C1CCN(Cc2ccc(F)cc2)CC1. The minimum Gasteiger partial charge on any atom is -0.313 e. The lowest BCUT2D eigenvalue weighted by Crippen LogP contribution is -2.36. The van der Waals surface area contributed by atoms with Crippen LogP contribution < -0.4 is 5.69 Å². The van der Waals surface area contributed by atoms with Crippen molar-refractivity contribution >= 4 is 0 Å². The first-order chi connectivity index (χ1) is 9.72. The summed E-state index contributed by atoms with van der Waals surface area (Å²) in [6, 6.07) is 6.96. The van der Waals surface area contributed by atoms with Crippen molar-refractivity contribution in [2.45, 2.75) is 25.4 Å². The van der Waals surface area contributed by atoms with Crippen LogP contribution in [0.4, 0.5) is 4.39 Å². The van der Waals surface area contributed by atoms with Crippen molar-refractivity contribution in [1.29, 1.82) is 0 Å². The van der Waals surface area contributed by atoms with E-state index >= 15 is 0 Å². The first-order valence-electron chi connectivity index (χ1n) is 6.95. The van der Waals surface area contributed by atoms with E-state index in [4.69, 9.17) is 0 Å². The second-order valence-corrected chi connectivity index (χ2v) is 5.31. The Morgan fingerprint density at radius 3 is 2.50 bits per heavy atom. The monoisotopic (exact) mass is 275 g/mol. The number of halogens is 1. The Morgan fingerprint density at radius 1 is 1.20 bits per heavy atom. The summed E-state index contributed by atoms with van der Waals surface area (Å²) in [7, 11) is 0. The second-order valence-electron chi connectivity index (χ2n) is 5.31. The Balaban J connectivity index is 1.57.